The van der Waals surface area contributed by atoms with Crippen molar-refractivity contribution >= 4 is 11.9 Å². The SMILES string of the molecule is O=C1NC2CCC(OC[C@H](NC(=O)c3cccn(Cc4cc(F)c(F)c(F)c4)c3=O)c3ccccc3)C(F)C2N1. The van der Waals surface area contributed by atoms with Crippen LogP contribution in [-0.4, -0.2) is 47.5 Å². The lowest BCUT2D eigenvalue weighted by atomic mass is 9.87. The van der Waals surface area contributed by atoms with Crippen LogP contribution < -0.4 is 21.5 Å². The van der Waals surface area contributed by atoms with Crippen molar-refractivity contribution in [3.63, 3.8) is 0 Å². The van der Waals surface area contributed by atoms with Gasteiger partial charge in [-0.25, -0.2) is 22.4 Å². The molecule has 1 saturated heterocycles. The maximum atomic E-state index is 15.1. The molecule has 5 atom stereocenters. The maximum Gasteiger partial charge on any atom is 0.315 e. The van der Waals surface area contributed by atoms with E-state index in [1.165, 1.54) is 18.3 Å². The number of ether oxygens (including phenoxy) is 1. The van der Waals surface area contributed by atoms with Gasteiger partial charge in [-0.1, -0.05) is 30.3 Å². The summed E-state index contributed by atoms with van der Waals surface area (Å²) < 4.78 is 62.7. The fourth-order valence-electron chi connectivity index (χ4n) is 5.11. The number of hydrogen-bond donors (Lipinski definition) is 3. The van der Waals surface area contributed by atoms with E-state index in [4.69, 9.17) is 4.74 Å². The maximum absolute atomic E-state index is 15.1. The van der Waals surface area contributed by atoms with Gasteiger partial charge in [0.25, 0.3) is 11.5 Å². The van der Waals surface area contributed by atoms with E-state index >= 15 is 4.39 Å². The van der Waals surface area contributed by atoms with E-state index in [9.17, 15) is 27.6 Å². The monoisotopic (exact) mass is 558 g/mol. The lowest BCUT2D eigenvalue weighted by molar-refractivity contribution is -0.0444. The summed E-state index contributed by atoms with van der Waals surface area (Å²) in [6, 6.07) is 10.9. The number of nitrogens with one attached hydrogen (secondary N) is 3. The summed E-state index contributed by atoms with van der Waals surface area (Å²) in [6.07, 6.45) is -0.0252. The smallest absolute Gasteiger partial charge is 0.315 e. The van der Waals surface area contributed by atoms with Crippen molar-refractivity contribution in [3.8, 4) is 0 Å². The molecule has 3 aromatic rings. The number of urea groups is 1. The molecule has 40 heavy (non-hydrogen) atoms. The Balaban J connectivity index is 1.31. The number of benzene rings is 2. The fourth-order valence-corrected chi connectivity index (χ4v) is 5.11. The Hall–Kier alpha value is -4.19. The summed E-state index contributed by atoms with van der Waals surface area (Å²) in [4.78, 5) is 37.9. The van der Waals surface area contributed by atoms with Crippen molar-refractivity contribution in [1.29, 1.82) is 0 Å². The normalized spacial score (nSPS) is 22.6. The summed E-state index contributed by atoms with van der Waals surface area (Å²) >= 11 is 0. The van der Waals surface area contributed by atoms with Gasteiger partial charge < -0.3 is 25.3 Å². The van der Waals surface area contributed by atoms with Crippen LogP contribution in [0.4, 0.5) is 22.4 Å². The van der Waals surface area contributed by atoms with Crippen LogP contribution in [0, 0.1) is 17.5 Å². The lowest BCUT2D eigenvalue weighted by Crippen LogP contribution is -2.52. The number of nitrogens with zero attached hydrogens (tertiary/aromatic N) is 1. The molecule has 1 saturated carbocycles. The molecule has 2 fully saturated rings. The predicted octanol–water partition coefficient (Wildman–Crippen LogP) is 3.35. The zero-order chi connectivity index (χ0) is 28.4. The van der Waals surface area contributed by atoms with Gasteiger partial charge in [0.15, 0.2) is 17.5 Å². The number of carbonyl (C=O) groups is 2. The third-order valence-corrected chi connectivity index (χ3v) is 7.15. The van der Waals surface area contributed by atoms with Crippen LogP contribution in [0.5, 0.6) is 0 Å². The van der Waals surface area contributed by atoms with E-state index in [2.05, 4.69) is 16.0 Å². The highest BCUT2D eigenvalue weighted by Gasteiger charge is 2.45. The number of fused-ring (bicyclic) bond motifs is 1. The molecule has 3 amide bonds. The number of aromatic nitrogens is 1. The highest BCUT2D eigenvalue weighted by Crippen LogP contribution is 2.28. The van der Waals surface area contributed by atoms with E-state index in [1.807, 2.05) is 0 Å². The number of hydrogen-bond acceptors (Lipinski definition) is 4. The Morgan fingerprint density at radius 3 is 2.48 bits per heavy atom. The molecule has 2 heterocycles. The third-order valence-electron chi connectivity index (χ3n) is 7.15. The van der Waals surface area contributed by atoms with Gasteiger partial charge in [0, 0.05) is 6.20 Å². The van der Waals surface area contributed by atoms with E-state index in [-0.39, 0.29) is 30.3 Å². The topological polar surface area (TPSA) is 101 Å². The minimum atomic E-state index is -1.62. The van der Waals surface area contributed by atoms with Crippen LogP contribution in [-0.2, 0) is 11.3 Å². The molecular weight excluding hydrogens is 532 g/mol. The molecule has 1 aliphatic heterocycles. The molecule has 8 nitrogen and oxygen atoms in total. The molecule has 1 aromatic heterocycles. The van der Waals surface area contributed by atoms with Gasteiger partial charge in [0.2, 0.25) is 0 Å². The van der Waals surface area contributed by atoms with Crippen LogP contribution in [0.15, 0.2) is 65.6 Å². The molecule has 4 unspecified atom stereocenters. The van der Waals surface area contributed by atoms with Crippen LogP contribution in [0.1, 0.15) is 40.4 Å². The first kappa shape index (κ1) is 27.4. The summed E-state index contributed by atoms with van der Waals surface area (Å²) in [7, 11) is 0. The Morgan fingerprint density at radius 2 is 1.75 bits per heavy atom. The molecule has 12 heteroatoms. The van der Waals surface area contributed by atoms with Crippen LogP contribution >= 0.6 is 0 Å². The first-order chi connectivity index (χ1) is 19.2. The van der Waals surface area contributed by atoms with Crippen molar-refractivity contribution in [2.75, 3.05) is 6.61 Å². The second kappa shape index (κ2) is 11.5. The van der Waals surface area contributed by atoms with Crippen molar-refractivity contribution in [2.24, 2.45) is 0 Å². The first-order valence-corrected chi connectivity index (χ1v) is 12.7. The third kappa shape index (κ3) is 5.71. The van der Waals surface area contributed by atoms with Gasteiger partial charge in [0.1, 0.15) is 11.7 Å². The predicted molar refractivity (Wildman–Crippen MR) is 136 cm³/mol. The number of carbonyl (C=O) groups excluding carboxylic acids is 2. The molecule has 2 aliphatic rings. The van der Waals surface area contributed by atoms with Crippen molar-refractivity contribution < 1.29 is 31.9 Å². The Morgan fingerprint density at radius 1 is 1.02 bits per heavy atom. The molecule has 3 N–H and O–H groups in total. The van der Waals surface area contributed by atoms with Gasteiger partial charge >= 0.3 is 6.03 Å². The molecule has 1 aliphatic carbocycles. The fraction of sp³-hybridized carbons (Fsp3) is 0.321. The first-order valence-electron chi connectivity index (χ1n) is 12.7. The minimum Gasteiger partial charge on any atom is -0.373 e. The molecule has 5 rings (SSSR count). The molecule has 210 valence electrons. The van der Waals surface area contributed by atoms with Crippen LogP contribution in [0.2, 0.25) is 0 Å². The molecule has 0 spiro atoms. The quantitative estimate of drug-likeness (QED) is 0.292. The average Bonchev–Trinajstić information content (AvgIpc) is 3.33. The van der Waals surface area contributed by atoms with Crippen LogP contribution in [0.3, 0.4) is 0 Å². The van der Waals surface area contributed by atoms with E-state index in [0.29, 0.717) is 18.4 Å². The highest BCUT2D eigenvalue weighted by molar-refractivity contribution is 5.94. The van der Waals surface area contributed by atoms with Crippen LogP contribution in [0.25, 0.3) is 0 Å². The largest absolute Gasteiger partial charge is 0.373 e. The summed E-state index contributed by atoms with van der Waals surface area (Å²) in [6.45, 7) is -0.402. The van der Waals surface area contributed by atoms with E-state index in [0.717, 1.165) is 16.7 Å². The van der Waals surface area contributed by atoms with Crippen molar-refractivity contribution in [1.82, 2.24) is 20.5 Å². The zero-order valence-corrected chi connectivity index (χ0v) is 21.1. The molecule has 0 bridgehead atoms. The van der Waals surface area contributed by atoms with Gasteiger partial charge in [-0.05, 0) is 48.2 Å². The number of rotatable bonds is 8. The van der Waals surface area contributed by atoms with E-state index < -0.39 is 59.3 Å². The standard InChI is InChI=1S/C28H26F4N4O4/c29-18-11-15(12-19(30)23(18)31)13-36-10-4-7-17(27(36)38)26(37)33-21(16-5-2-1-3-6-16)14-40-22-9-8-20-25(24(22)32)35-28(39)34-20/h1-7,10-12,20-22,24-25H,8-9,13-14H2,(H,33,37)(H2,34,35,39)/t20?,21-,22?,24?,25?/m0/s1. The average molecular weight is 559 g/mol. The summed E-state index contributed by atoms with van der Waals surface area (Å²) in [5.74, 6) is -5.13. The van der Waals surface area contributed by atoms with Crippen molar-refractivity contribution in [3.05, 3.63) is 105 Å². The Labute approximate surface area is 226 Å². The summed E-state index contributed by atoms with van der Waals surface area (Å²) in [5.41, 5.74) is -0.320. The molecular formula is C28H26F4N4O4. The number of amides is 3. The molecule has 0 radical (unpaired) electrons. The minimum absolute atomic E-state index is 0.00392. The zero-order valence-electron chi connectivity index (χ0n) is 21.1. The highest BCUT2D eigenvalue weighted by atomic mass is 19.2. The second-order valence-electron chi connectivity index (χ2n) is 9.81. The van der Waals surface area contributed by atoms with Gasteiger partial charge in [-0.15, -0.1) is 0 Å². The summed E-state index contributed by atoms with van der Waals surface area (Å²) in [5, 5.41) is 8.02. The Bertz CT molecular complexity index is 1450. The van der Waals surface area contributed by atoms with Crippen molar-refractivity contribution in [2.45, 2.75) is 49.8 Å². The van der Waals surface area contributed by atoms with E-state index in [1.54, 1.807) is 30.3 Å². The number of pyridine rings is 1. The number of alkyl halides is 1. The Kier molecular flexibility index (Phi) is 7.88. The van der Waals surface area contributed by atoms with Gasteiger partial charge in [-0.3, -0.25) is 9.59 Å². The molecule has 2 aromatic carbocycles. The lowest BCUT2D eigenvalue weighted by Gasteiger charge is -2.34. The van der Waals surface area contributed by atoms with Gasteiger partial charge in [0.05, 0.1) is 37.4 Å². The number of halogens is 4. The second-order valence-corrected chi connectivity index (χ2v) is 9.81. The van der Waals surface area contributed by atoms with Gasteiger partial charge in [-0.2, -0.15) is 0 Å².